The van der Waals surface area contributed by atoms with Crippen LogP contribution in [0.15, 0.2) is 66.9 Å². The molecule has 1 aromatic heterocycles. The van der Waals surface area contributed by atoms with Gasteiger partial charge in [0.1, 0.15) is 11.6 Å². The third-order valence-corrected chi connectivity index (χ3v) is 6.60. The topological polar surface area (TPSA) is 22.3 Å². The molecule has 0 saturated carbocycles. The average molecular weight is 432 g/mol. The van der Waals surface area contributed by atoms with E-state index in [0.717, 1.165) is 48.4 Å². The predicted molar refractivity (Wildman–Crippen MR) is 126 cm³/mol. The van der Waals surface area contributed by atoms with Gasteiger partial charge < -0.3 is 9.88 Å². The van der Waals surface area contributed by atoms with Crippen LogP contribution in [0.25, 0.3) is 22.0 Å². The van der Waals surface area contributed by atoms with Gasteiger partial charge in [0.15, 0.2) is 0 Å². The molecule has 0 radical (unpaired) electrons. The number of H-pyrrole nitrogens is 1. The molecule has 1 aliphatic heterocycles. The van der Waals surface area contributed by atoms with Gasteiger partial charge in [-0.2, -0.15) is 0 Å². The van der Waals surface area contributed by atoms with E-state index in [9.17, 15) is 4.39 Å². The molecular weight excluding hydrogens is 404 g/mol. The third-order valence-electron chi connectivity index (χ3n) is 6.60. The Bertz CT molecular complexity index is 1240. The van der Waals surface area contributed by atoms with Crippen molar-refractivity contribution in [1.29, 1.82) is 0 Å². The first-order valence-electron chi connectivity index (χ1n) is 11.1. The number of nitrogens with one attached hydrogen (secondary N) is 1. The third kappa shape index (κ3) is 3.94. The van der Waals surface area contributed by atoms with Gasteiger partial charge in [0, 0.05) is 48.8 Å². The number of likely N-dealkylation sites (N-methyl/N-ethyl adjacent to an activating group) is 1. The largest absolute Gasteiger partial charge is 0.361 e. The molecule has 0 spiro atoms. The number of halogens is 2. The van der Waals surface area contributed by atoms with E-state index in [4.69, 9.17) is 0 Å². The summed E-state index contributed by atoms with van der Waals surface area (Å²) in [5.41, 5.74) is 5.84. The van der Waals surface area contributed by atoms with Crippen molar-refractivity contribution in [3.8, 4) is 11.1 Å². The number of aryl methyl sites for hydroxylation is 1. The summed E-state index contributed by atoms with van der Waals surface area (Å²) in [7, 11) is 2.10. The summed E-state index contributed by atoms with van der Waals surface area (Å²) in [5, 5.41) is 1.17. The summed E-state index contributed by atoms with van der Waals surface area (Å²) < 4.78 is 28.9. The molecule has 1 unspecified atom stereocenters. The number of hydrogen-bond acceptors (Lipinski definition) is 2. The van der Waals surface area contributed by atoms with Crippen molar-refractivity contribution in [2.24, 2.45) is 0 Å². The number of nitrogens with zero attached hydrogens (tertiary/aromatic N) is 2. The minimum absolute atomic E-state index is 0.235. The molecule has 0 aliphatic carbocycles. The van der Waals surface area contributed by atoms with E-state index < -0.39 is 0 Å². The van der Waals surface area contributed by atoms with Crippen LogP contribution in [0.2, 0.25) is 0 Å². The molecule has 1 saturated heterocycles. The fourth-order valence-electron chi connectivity index (χ4n) is 4.68. The highest BCUT2D eigenvalue weighted by Crippen LogP contribution is 2.35. The molecular formula is C27H27F2N3. The van der Waals surface area contributed by atoms with E-state index in [2.05, 4.69) is 47.0 Å². The van der Waals surface area contributed by atoms with Crippen LogP contribution in [0.1, 0.15) is 22.7 Å². The molecule has 2 heterocycles. The Labute approximate surface area is 187 Å². The Hall–Kier alpha value is -3.02. The maximum atomic E-state index is 15.3. The highest BCUT2D eigenvalue weighted by molar-refractivity contribution is 5.87. The summed E-state index contributed by atoms with van der Waals surface area (Å²) in [4.78, 5) is 7.85. The molecule has 4 aromatic rings. The zero-order valence-corrected chi connectivity index (χ0v) is 18.4. The van der Waals surface area contributed by atoms with E-state index in [1.54, 1.807) is 18.2 Å². The number of fused-ring (bicyclic) bond motifs is 1. The second-order valence-electron chi connectivity index (χ2n) is 8.76. The van der Waals surface area contributed by atoms with Crippen LogP contribution < -0.4 is 0 Å². The maximum absolute atomic E-state index is 15.3. The molecule has 5 rings (SSSR count). The van der Waals surface area contributed by atoms with E-state index >= 15 is 4.39 Å². The molecule has 1 atom stereocenters. The van der Waals surface area contributed by atoms with Crippen LogP contribution in [-0.4, -0.2) is 48.0 Å². The molecule has 3 aromatic carbocycles. The molecule has 5 heteroatoms. The minimum Gasteiger partial charge on any atom is -0.361 e. The average Bonchev–Trinajstić information content (AvgIpc) is 3.18. The highest BCUT2D eigenvalue weighted by atomic mass is 19.1. The van der Waals surface area contributed by atoms with Gasteiger partial charge in [0.05, 0.1) is 6.04 Å². The predicted octanol–water partition coefficient (Wildman–Crippen LogP) is 5.76. The molecule has 0 amide bonds. The standard InChI is InChI=1S/C27H27F2N3/c1-18-17-30-26-10-6-21(15-23(18)26)20-5-9-25(29)24(16-20)27(19-3-7-22(28)8-4-19)32-13-11-31(2)12-14-32/h3-10,15-17,27,30H,11-14H2,1-2H3. The maximum Gasteiger partial charge on any atom is 0.128 e. The number of benzene rings is 3. The van der Waals surface area contributed by atoms with Gasteiger partial charge in [0.25, 0.3) is 0 Å². The summed E-state index contributed by atoms with van der Waals surface area (Å²) >= 11 is 0. The lowest BCUT2D eigenvalue weighted by molar-refractivity contribution is 0.125. The van der Waals surface area contributed by atoms with Crippen molar-refractivity contribution in [2.75, 3.05) is 33.2 Å². The quantitative estimate of drug-likeness (QED) is 0.444. The van der Waals surface area contributed by atoms with Gasteiger partial charge in [-0.05, 0) is 72.6 Å². The van der Waals surface area contributed by atoms with Gasteiger partial charge in [-0.25, -0.2) is 8.78 Å². The SMILES string of the molecule is Cc1c[nH]c2ccc(-c3ccc(F)c(C(c4ccc(F)cc4)N4CCN(C)CC4)c3)cc12. The van der Waals surface area contributed by atoms with E-state index in [1.807, 2.05) is 18.3 Å². The van der Waals surface area contributed by atoms with Crippen LogP contribution in [0.5, 0.6) is 0 Å². The first kappa shape index (κ1) is 20.9. The zero-order valence-electron chi connectivity index (χ0n) is 18.4. The van der Waals surface area contributed by atoms with Crippen LogP contribution in [0.3, 0.4) is 0 Å². The zero-order chi connectivity index (χ0) is 22.2. The summed E-state index contributed by atoms with van der Waals surface area (Å²) in [5.74, 6) is -0.517. The van der Waals surface area contributed by atoms with E-state index in [1.165, 1.54) is 23.1 Å². The first-order chi connectivity index (χ1) is 15.5. The van der Waals surface area contributed by atoms with Crippen LogP contribution in [-0.2, 0) is 0 Å². The molecule has 164 valence electrons. The van der Waals surface area contributed by atoms with Gasteiger partial charge in [-0.1, -0.05) is 24.3 Å². The minimum atomic E-state index is -0.282. The first-order valence-corrected chi connectivity index (χ1v) is 11.1. The fraction of sp³-hybridized carbons (Fsp3) is 0.259. The number of rotatable bonds is 4. The van der Waals surface area contributed by atoms with Crippen molar-refractivity contribution in [1.82, 2.24) is 14.8 Å². The number of aromatic nitrogens is 1. The lowest BCUT2D eigenvalue weighted by atomic mass is 9.92. The normalized spacial score (nSPS) is 16.5. The van der Waals surface area contributed by atoms with E-state index in [0.29, 0.717) is 5.56 Å². The second kappa shape index (κ2) is 8.49. The molecule has 3 nitrogen and oxygen atoms in total. The van der Waals surface area contributed by atoms with Crippen LogP contribution in [0, 0.1) is 18.6 Å². The van der Waals surface area contributed by atoms with Crippen molar-refractivity contribution in [3.05, 3.63) is 95.2 Å². The van der Waals surface area contributed by atoms with E-state index in [-0.39, 0.29) is 17.7 Å². The fourth-order valence-corrected chi connectivity index (χ4v) is 4.68. The summed E-state index contributed by atoms with van der Waals surface area (Å²) in [6.45, 7) is 5.58. The van der Waals surface area contributed by atoms with Crippen molar-refractivity contribution in [2.45, 2.75) is 13.0 Å². The Kier molecular flexibility index (Phi) is 5.53. The molecule has 1 N–H and O–H groups in total. The molecule has 32 heavy (non-hydrogen) atoms. The highest BCUT2D eigenvalue weighted by Gasteiger charge is 2.28. The molecule has 0 bridgehead atoms. The monoisotopic (exact) mass is 431 g/mol. The Morgan fingerprint density at radius 3 is 2.28 bits per heavy atom. The summed E-state index contributed by atoms with van der Waals surface area (Å²) in [6, 6.07) is 17.9. The Morgan fingerprint density at radius 1 is 0.844 bits per heavy atom. The molecule has 1 aliphatic rings. The lowest BCUT2D eigenvalue weighted by Crippen LogP contribution is -2.46. The second-order valence-corrected chi connectivity index (χ2v) is 8.76. The molecule has 1 fully saturated rings. The smallest absolute Gasteiger partial charge is 0.128 e. The van der Waals surface area contributed by atoms with Gasteiger partial charge in [-0.15, -0.1) is 0 Å². The van der Waals surface area contributed by atoms with Crippen molar-refractivity contribution in [3.63, 3.8) is 0 Å². The van der Waals surface area contributed by atoms with Crippen molar-refractivity contribution < 1.29 is 8.78 Å². The van der Waals surface area contributed by atoms with Gasteiger partial charge >= 0.3 is 0 Å². The Morgan fingerprint density at radius 2 is 1.53 bits per heavy atom. The van der Waals surface area contributed by atoms with Crippen LogP contribution >= 0.6 is 0 Å². The number of piperazine rings is 1. The lowest BCUT2D eigenvalue weighted by Gasteiger charge is -2.38. The number of hydrogen-bond donors (Lipinski definition) is 1. The van der Waals surface area contributed by atoms with Crippen LogP contribution in [0.4, 0.5) is 8.78 Å². The number of aromatic amines is 1. The summed E-state index contributed by atoms with van der Waals surface area (Å²) in [6.07, 6.45) is 2.00. The Balaban J connectivity index is 1.60. The van der Waals surface area contributed by atoms with Gasteiger partial charge in [0.2, 0.25) is 0 Å². The van der Waals surface area contributed by atoms with Crippen molar-refractivity contribution >= 4 is 10.9 Å². The van der Waals surface area contributed by atoms with Gasteiger partial charge in [-0.3, -0.25) is 4.90 Å².